The third-order valence-corrected chi connectivity index (χ3v) is 8.04. The molecular formula is C21H19BrF6N4O3S. The molecule has 1 saturated heterocycles. The van der Waals surface area contributed by atoms with Gasteiger partial charge in [-0.1, -0.05) is 18.1 Å². The van der Waals surface area contributed by atoms with Gasteiger partial charge in [-0.25, -0.2) is 13.4 Å². The van der Waals surface area contributed by atoms with E-state index < -0.39 is 39.6 Å². The first kappa shape index (κ1) is 28.0. The van der Waals surface area contributed by atoms with Crippen LogP contribution < -0.4 is 10.6 Å². The van der Waals surface area contributed by atoms with Crippen molar-refractivity contribution in [2.45, 2.75) is 35.8 Å². The summed E-state index contributed by atoms with van der Waals surface area (Å²) in [6.45, 7) is 1.35. The minimum atomic E-state index is -6.01. The van der Waals surface area contributed by atoms with Gasteiger partial charge in [0.05, 0.1) is 4.47 Å². The van der Waals surface area contributed by atoms with E-state index in [0.29, 0.717) is 12.1 Å². The number of nitrogens with zero attached hydrogens (tertiary/aromatic N) is 3. The van der Waals surface area contributed by atoms with Gasteiger partial charge < -0.3 is 15.7 Å². The molecule has 0 aliphatic carbocycles. The van der Waals surface area contributed by atoms with Crippen LogP contribution >= 0.6 is 15.9 Å². The van der Waals surface area contributed by atoms with Crippen LogP contribution in [0.1, 0.15) is 12.5 Å². The summed E-state index contributed by atoms with van der Waals surface area (Å²) < 4.78 is 107. The Labute approximate surface area is 211 Å². The fourth-order valence-electron chi connectivity index (χ4n) is 3.68. The topological polar surface area (TPSA) is 99.8 Å². The molecule has 1 aromatic carbocycles. The van der Waals surface area contributed by atoms with Gasteiger partial charge in [-0.05, 0) is 41.1 Å². The molecule has 1 fully saturated rings. The van der Waals surface area contributed by atoms with Crippen molar-refractivity contribution in [3.8, 4) is 11.8 Å². The fraction of sp³-hybridized carbons (Fsp3) is 0.381. The van der Waals surface area contributed by atoms with Crippen molar-refractivity contribution in [3.05, 3.63) is 46.6 Å². The lowest BCUT2D eigenvalue weighted by Gasteiger charge is -2.40. The number of sulfonamides is 1. The molecule has 0 bridgehead atoms. The Morgan fingerprint density at radius 2 is 1.69 bits per heavy atom. The highest BCUT2D eigenvalue weighted by atomic mass is 79.9. The number of nitrogens with two attached hydrogens (primary N) is 1. The van der Waals surface area contributed by atoms with Gasteiger partial charge in [0.1, 0.15) is 16.8 Å². The Bertz CT molecular complexity index is 1280. The highest BCUT2D eigenvalue weighted by Crippen LogP contribution is 2.50. The summed E-state index contributed by atoms with van der Waals surface area (Å²) in [6.07, 6.45) is -10.9. The van der Waals surface area contributed by atoms with Gasteiger partial charge in [-0.2, -0.15) is 30.6 Å². The summed E-state index contributed by atoms with van der Waals surface area (Å²) in [5.41, 5.74) is -0.634. The molecule has 2 aromatic rings. The highest BCUT2D eigenvalue weighted by Gasteiger charge is 2.71. The Morgan fingerprint density at radius 1 is 1.11 bits per heavy atom. The van der Waals surface area contributed by atoms with Crippen LogP contribution in [0, 0.1) is 11.8 Å². The smallest absolute Gasteiger partial charge is 0.383 e. The number of aliphatic hydroxyl groups is 1. The number of halogens is 7. The van der Waals surface area contributed by atoms with E-state index in [1.54, 1.807) is 4.90 Å². The van der Waals surface area contributed by atoms with Crippen LogP contribution in [0.3, 0.4) is 0 Å². The van der Waals surface area contributed by atoms with E-state index in [0.717, 1.165) is 22.6 Å². The van der Waals surface area contributed by atoms with Gasteiger partial charge in [0.25, 0.3) is 5.60 Å². The maximum Gasteiger partial charge on any atom is 0.430 e. The molecule has 2 heterocycles. The number of anilines is 2. The molecular weight excluding hydrogens is 582 g/mol. The molecule has 36 heavy (non-hydrogen) atoms. The van der Waals surface area contributed by atoms with Crippen LogP contribution in [0.2, 0.25) is 0 Å². The SMILES string of the molecule is CC#C[C@H]1CN(S(=O)(=O)c2cnc(N)c(Br)c2)CCN1c1ccc(C(O)(C(F)(F)F)C(F)(F)F)cc1. The van der Waals surface area contributed by atoms with Crippen molar-refractivity contribution in [1.29, 1.82) is 0 Å². The Balaban J connectivity index is 1.90. The van der Waals surface area contributed by atoms with Crippen molar-refractivity contribution in [3.63, 3.8) is 0 Å². The molecule has 15 heteroatoms. The van der Waals surface area contributed by atoms with E-state index in [1.807, 2.05) is 0 Å². The highest BCUT2D eigenvalue weighted by molar-refractivity contribution is 9.10. The van der Waals surface area contributed by atoms with Crippen molar-refractivity contribution in [2.75, 3.05) is 30.3 Å². The van der Waals surface area contributed by atoms with E-state index in [9.17, 15) is 39.9 Å². The third kappa shape index (κ3) is 4.99. The average Bonchev–Trinajstić information content (AvgIpc) is 2.79. The van der Waals surface area contributed by atoms with Crippen molar-refractivity contribution in [1.82, 2.24) is 9.29 Å². The van der Waals surface area contributed by atoms with Gasteiger partial charge in [-0.15, -0.1) is 5.92 Å². The number of hydrogen-bond acceptors (Lipinski definition) is 6. The van der Waals surface area contributed by atoms with Gasteiger partial charge >= 0.3 is 12.4 Å². The number of rotatable bonds is 4. The molecule has 3 N–H and O–H groups in total. The zero-order valence-corrected chi connectivity index (χ0v) is 20.8. The lowest BCUT2D eigenvalue weighted by atomic mass is 9.92. The molecule has 1 atom stereocenters. The standard InChI is InChI=1S/C21H19BrF6N4O3S/c1-2-3-15-12-31(36(34,35)16-10-17(22)18(29)30-11-16)8-9-32(15)14-6-4-13(5-7-14)19(33,20(23,24)25)21(26,27)28/h4-7,10-11,15,33H,8-9,12H2,1H3,(H2,29,30)/t15-/m0/s1. The number of piperazine rings is 1. The molecule has 0 amide bonds. The van der Waals surface area contributed by atoms with Crippen molar-refractivity contribution >= 4 is 37.5 Å². The monoisotopic (exact) mass is 600 g/mol. The third-order valence-electron chi connectivity index (χ3n) is 5.57. The Hall–Kier alpha value is -2.54. The summed E-state index contributed by atoms with van der Waals surface area (Å²) in [5.74, 6) is 5.57. The predicted molar refractivity (Wildman–Crippen MR) is 122 cm³/mol. The largest absolute Gasteiger partial charge is 0.430 e. The summed E-state index contributed by atoms with van der Waals surface area (Å²) in [5, 5.41) is 9.59. The lowest BCUT2D eigenvalue weighted by molar-refractivity contribution is -0.376. The second-order valence-corrected chi connectivity index (χ2v) is 10.5. The molecule has 7 nitrogen and oxygen atoms in total. The molecule has 3 rings (SSSR count). The number of hydrogen-bond donors (Lipinski definition) is 2. The molecule has 1 aliphatic heterocycles. The number of pyridine rings is 1. The van der Waals surface area contributed by atoms with E-state index in [4.69, 9.17) is 5.73 Å². The van der Waals surface area contributed by atoms with E-state index in [2.05, 4.69) is 32.8 Å². The summed E-state index contributed by atoms with van der Waals surface area (Å²) in [7, 11) is -4.01. The maximum absolute atomic E-state index is 13.2. The summed E-state index contributed by atoms with van der Waals surface area (Å²) in [4.78, 5) is 5.26. The van der Waals surface area contributed by atoms with Crippen molar-refractivity contribution in [2.24, 2.45) is 0 Å². The second-order valence-electron chi connectivity index (χ2n) is 7.76. The number of alkyl halides is 6. The van der Waals surface area contributed by atoms with E-state index in [-0.39, 0.29) is 40.5 Å². The predicted octanol–water partition coefficient (Wildman–Crippen LogP) is 3.64. The molecule has 1 aliphatic rings. The second kappa shape index (κ2) is 9.73. The molecule has 0 unspecified atom stereocenters. The van der Waals surface area contributed by atoms with Crippen LogP contribution in [0.5, 0.6) is 0 Å². The molecule has 0 spiro atoms. The lowest BCUT2D eigenvalue weighted by Crippen LogP contribution is -2.55. The summed E-state index contributed by atoms with van der Waals surface area (Å²) in [6, 6.07) is 3.59. The number of benzene rings is 1. The average molecular weight is 601 g/mol. The fourth-order valence-corrected chi connectivity index (χ4v) is 5.59. The summed E-state index contributed by atoms with van der Waals surface area (Å²) >= 11 is 3.12. The van der Waals surface area contributed by atoms with Gasteiger partial charge in [-0.3, -0.25) is 0 Å². The first-order chi connectivity index (χ1) is 16.5. The van der Waals surface area contributed by atoms with Crippen molar-refractivity contribution < 1.29 is 39.9 Å². The van der Waals surface area contributed by atoms with Gasteiger partial charge in [0, 0.05) is 37.1 Å². The Kier molecular flexibility index (Phi) is 7.58. The Morgan fingerprint density at radius 3 is 2.19 bits per heavy atom. The first-order valence-electron chi connectivity index (χ1n) is 10.1. The van der Waals surface area contributed by atoms with Crippen LogP contribution in [0.25, 0.3) is 0 Å². The van der Waals surface area contributed by atoms with Gasteiger partial charge in [0.15, 0.2) is 0 Å². The molecule has 0 radical (unpaired) electrons. The first-order valence-corrected chi connectivity index (χ1v) is 12.3. The van der Waals surface area contributed by atoms with E-state index >= 15 is 0 Å². The minimum absolute atomic E-state index is 0.0320. The van der Waals surface area contributed by atoms with Gasteiger partial charge in [0.2, 0.25) is 10.0 Å². The van der Waals surface area contributed by atoms with E-state index in [1.165, 1.54) is 13.0 Å². The normalized spacial score (nSPS) is 18.0. The molecule has 196 valence electrons. The zero-order valence-electron chi connectivity index (χ0n) is 18.4. The van der Waals surface area contributed by atoms with Crippen LogP contribution in [0.4, 0.5) is 37.8 Å². The molecule has 1 aromatic heterocycles. The quantitative estimate of drug-likeness (QED) is 0.411. The zero-order chi connectivity index (χ0) is 27.1. The van der Waals surface area contributed by atoms with Crippen LogP contribution in [-0.4, -0.2) is 60.8 Å². The molecule has 0 saturated carbocycles. The number of nitrogen functional groups attached to an aromatic ring is 1. The minimum Gasteiger partial charge on any atom is -0.383 e. The number of aromatic nitrogens is 1. The van der Waals surface area contributed by atoms with Crippen LogP contribution in [-0.2, 0) is 15.6 Å². The van der Waals surface area contributed by atoms with Crippen LogP contribution in [0.15, 0.2) is 45.9 Å². The maximum atomic E-state index is 13.2.